The van der Waals surface area contributed by atoms with E-state index in [2.05, 4.69) is 4.74 Å². The van der Waals surface area contributed by atoms with Crippen LogP contribution in [0.15, 0.2) is 0 Å². The first kappa shape index (κ1) is 15.4. The molecule has 5 nitrogen and oxygen atoms in total. The van der Waals surface area contributed by atoms with E-state index in [4.69, 9.17) is 4.89 Å². The summed E-state index contributed by atoms with van der Waals surface area (Å²) in [6.45, 7) is 0.951. The molecule has 0 aromatic heterocycles. The van der Waals surface area contributed by atoms with Crippen LogP contribution in [0.4, 0.5) is 0 Å². The van der Waals surface area contributed by atoms with E-state index < -0.39 is 18.9 Å². The summed E-state index contributed by atoms with van der Waals surface area (Å²) in [7, 11) is -2.48. The van der Waals surface area contributed by atoms with Crippen molar-refractivity contribution in [3.63, 3.8) is 0 Å². The number of rotatable bonds is 4. The van der Waals surface area contributed by atoms with Gasteiger partial charge in [-0.15, -0.1) is 0 Å². The average Bonchev–Trinajstić information content (AvgIpc) is 1.97. The van der Waals surface area contributed by atoms with E-state index in [0.29, 0.717) is 0 Å². The van der Waals surface area contributed by atoms with Crippen LogP contribution in [0, 0.1) is 0 Å². The molecule has 7 heteroatoms. The molecule has 0 bridgehead atoms. The molecular weight excluding hydrogens is 190 g/mol. The van der Waals surface area contributed by atoms with Gasteiger partial charge in [-0.05, 0) is 0 Å². The first-order chi connectivity index (χ1) is 5.38. The number of hydrogen-bond donors (Lipinski definition) is 1. The summed E-state index contributed by atoms with van der Waals surface area (Å²) in [6.07, 6.45) is -0.384. The first-order valence-electron chi connectivity index (χ1n) is 3.28. The molecule has 1 atom stereocenters. The third-order valence-corrected chi connectivity index (χ3v) is 2.38. The van der Waals surface area contributed by atoms with E-state index in [1.807, 2.05) is 0 Å². The normalized spacial score (nSPS) is 13.8. The van der Waals surface area contributed by atoms with Crippen molar-refractivity contribution in [2.45, 2.75) is 12.8 Å². The van der Waals surface area contributed by atoms with Crippen LogP contribution in [-0.4, -0.2) is 30.2 Å². The number of esters is 1. The summed E-state index contributed by atoms with van der Waals surface area (Å²) in [5, 5.41) is 0. The third kappa shape index (κ3) is 7.03. The second kappa shape index (κ2) is 6.39. The molecule has 0 aliphatic rings. The Morgan fingerprint density at radius 2 is 1.92 bits per heavy atom. The Morgan fingerprint density at radius 3 is 2.23 bits per heavy atom. The molecule has 0 fully saturated rings. The molecule has 1 N–H and O–H groups in total. The van der Waals surface area contributed by atoms with Crippen LogP contribution in [0.1, 0.15) is 14.3 Å². The summed E-state index contributed by atoms with van der Waals surface area (Å²) < 4.78 is 14.9. The van der Waals surface area contributed by atoms with Crippen molar-refractivity contribution in [2.24, 2.45) is 0 Å². The Bertz CT molecular complexity index is 238. The van der Waals surface area contributed by atoms with Crippen LogP contribution in [0.5, 0.6) is 0 Å². The zero-order valence-corrected chi connectivity index (χ0v) is 8.84. The van der Waals surface area contributed by atoms with Crippen LogP contribution in [0.25, 0.3) is 0 Å². The van der Waals surface area contributed by atoms with Gasteiger partial charge >= 0.3 is 24.8 Å². The summed E-state index contributed by atoms with van der Waals surface area (Å²) in [5.41, 5.74) is -0.798. The van der Waals surface area contributed by atoms with E-state index in [-0.39, 0.29) is 33.1 Å². The van der Waals surface area contributed by atoms with E-state index in [9.17, 15) is 14.2 Å². The quantitative estimate of drug-likeness (QED) is 0.309. The van der Waals surface area contributed by atoms with Gasteiger partial charge in [0, 0.05) is 13.1 Å². The van der Waals surface area contributed by atoms with Crippen molar-refractivity contribution in [3.05, 3.63) is 0 Å². The van der Waals surface area contributed by atoms with Gasteiger partial charge in [-0.25, -0.2) is 0 Å². The van der Waals surface area contributed by atoms with Gasteiger partial charge in [0.1, 0.15) is 0 Å². The number of carbonyl (C=O) groups is 2. The second-order valence-electron chi connectivity index (χ2n) is 2.35. The molecule has 0 saturated carbocycles. The maximum absolute atomic E-state index is 10.8. The molecule has 1 unspecified atom stereocenters. The molecule has 0 radical (unpaired) electrons. The molecular formula is C6H12LiO5P. The van der Waals surface area contributed by atoms with E-state index >= 15 is 0 Å². The zero-order valence-electron chi connectivity index (χ0n) is 8.94. The molecule has 0 rings (SSSR count). The fourth-order valence-electron chi connectivity index (χ4n) is 0.519. The Hall–Kier alpha value is -0.0726. The van der Waals surface area contributed by atoms with Crippen molar-refractivity contribution in [3.8, 4) is 0 Å². The number of methoxy groups -OCH3 is 1. The van der Waals surface area contributed by atoms with Gasteiger partial charge in [0.25, 0.3) is 7.37 Å². The predicted molar refractivity (Wildman–Crippen MR) is 43.1 cm³/mol. The molecule has 72 valence electrons. The number of ether oxygens (including phenoxy) is 1. The maximum atomic E-state index is 10.8. The summed E-state index contributed by atoms with van der Waals surface area (Å²) >= 11 is 0. The summed E-state index contributed by atoms with van der Waals surface area (Å²) in [6, 6.07) is 0. The molecule has 13 heavy (non-hydrogen) atoms. The number of hydrogen-bond acceptors (Lipinski definition) is 4. The molecule has 0 aliphatic heterocycles. The van der Waals surface area contributed by atoms with Crippen LogP contribution in [-0.2, 0) is 18.9 Å². The topological polar surface area (TPSA) is 80.7 Å². The second-order valence-corrected chi connectivity index (χ2v) is 4.61. The molecule has 0 heterocycles. The fourth-order valence-corrected chi connectivity index (χ4v) is 1.05. The minimum absolute atomic E-state index is 0. The maximum Gasteiger partial charge on any atom is 1.00 e. The molecule has 0 aromatic rings. The van der Waals surface area contributed by atoms with E-state index in [1.165, 1.54) is 7.11 Å². The molecule has 0 aliphatic carbocycles. The van der Waals surface area contributed by atoms with Gasteiger partial charge in [0.2, 0.25) is 5.52 Å². The Labute approximate surface area is 90.0 Å². The average molecular weight is 202 g/mol. The van der Waals surface area contributed by atoms with Crippen LogP contribution < -0.4 is 18.9 Å². The zero-order chi connectivity index (χ0) is 9.78. The minimum Gasteiger partial charge on any atom is -1.00 e. The third-order valence-electron chi connectivity index (χ3n) is 1.23. The number of carbonyl (C=O) groups excluding carboxylic acids is 2. The van der Waals surface area contributed by atoms with Crippen LogP contribution >= 0.6 is 7.37 Å². The Morgan fingerprint density at radius 1 is 1.46 bits per heavy atom. The summed E-state index contributed by atoms with van der Waals surface area (Å²) in [5.74, 6) is -0.559. The Kier molecular flexibility index (Phi) is 7.57. The van der Waals surface area contributed by atoms with Gasteiger partial charge in [0.15, 0.2) is 0 Å². The smallest absolute Gasteiger partial charge is 1.00 e. The van der Waals surface area contributed by atoms with E-state index in [1.54, 1.807) is 0 Å². The summed E-state index contributed by atoms with van der Waals surface area (Å²) in [4.78, 5) is 30.0. The van der Waals surface area contributed by atoms with Gasteiger partial charge in [0.05, 0.1) is 13.5 Å². The fraction of sp³-hybridized carbons (Fsp3) is 0.667. The Balaban J connectivity index is -0.000000605. The van der Waals surface area contributed by atoms with Crippen molar-refractivity contribution in [1.29, 1.82) is 0 Å². The molecule has 0 spiro atoms. The van der Waals surface area contributed by atoms with Crippen LogP contribution in [0.3, 0.4) is 0 Å². The van der Waals surface area contributed by atoms with Crippen molar-refractivity contribution >= 4 is 18.9 Å². The van der Waals surface area contributed by atoms with Gasteiger partial charge in [-0.1, -0.05) is 0 Å². The molecule has 0 aromatic carbocycles. The van der Waals surface area contributed by atoms with Crippen molar-refractivity contribution in [2.75, 3.05) is 13.8 Å². The van der Waals surface area contributed by atoms with E-state index in [0.717, 1.165) is 6.66 Å². The SMILES string of the molecule is COC(=O)CCC(=O)P(C)(=O)O.[H-].[Li+]. The van der Waals surface area contributed by atoms with Crippen molar-refractivity contribution in [1.82, 2.24) is 0 Å². The van der Waals surface area contributed by atoms with Gasteiger partial charge in [-0.2, -0.15) is 0 Å². The minimum atomic E-state index is -3.67. The predicted octanol–water partition coefficient (Wildman–Crippen LogP) is -2.52. The standard InChI is InChI=1S/C6H11O5P.Li.H/c1-11-5(7)3-4-6(8)12(2,9)10;;/h3-4H2,1-2H3,(H,9,10);;/q;+1;-1. The van der Waals surface area contributed by atoms with Gasteiger partial charge < -0.3 is 11.1 Å². The monoisotopic (exact) mass is 202 g/mol. The van der Waals surface area contributed by atoms with Crippen LogP contribution in [0.2, 0.25) is 0 Å². The van der Waals surface area contributed by atoms with Crippen molar-refractivity contribution < 1.29 is 44.1 Å². The molecule has 0 amide bonds. The molecule has 0 saturated heterocycles. The van der Waals surface area contributed by atoms with Gasteiger partial charge in [-0.3, -0.25) is 14.2 Å². The first-order valence-corrected chi connectivity index (χ1v) is 5.39. The largest absolute Gasteiger partial charge is 1.00 e.